The van der Waals surface area contributed by atoms with Gasteiger partial charge in [-0.05, 0) is 18.4 Å². The maximum absolute atomic E-state index is 13.2. The average Bonchev–Trinajstić information content (AvgIpc) is 2.72. The third-order valence-corrected chi connectivity index (χ3v) is 4.75. The normalized spacial score (nSPS) is 15.8. The number of nitrogens with one attached hydrogen (secondary N) is 1. The van der Waals surface area contributed by atoms with Crippen molar-refractivity contribution in [3.8, 4) is 6.01 Å². The van der Waals surface area contributed by atoms with E-state index < -0.39 is 5.41 Å². The Morgan fingerprint density at radius 2 is 1.89 bits per heavy atom. The van der Waals surface area contributed by atoms with Crippen LogP contribution in [0.3, 0.4) is 0 Å². The predicted molar refractivity (Wildman–Crippen MR) is 101 cm³/mol. The molecule has 0 radical (unpaired) electrons. The molecule has 1 fully saturated rings. The number of rotatable bonds is 6. The number of hydrogen-bond donors (Lipinski definition) is 1. The Balaban J connectivity index is 1.80. The monoisotopic (exact) mass is 371 g/mol. The maximum Gasteiger partial charge on any atom is 0.321 e. The highest BCUT2D eigenvalue weighted by Gasteiger charge is 2.41. The van der Waals surface area contributed by atoms with Crippen molar-refractivity contribution in [2.45, 2.75) is 24.8 Å². The number of amides is 1. The molecular formula is C19H25N5O3. The molecule has 1 aromatic carbocycles. The molecule has 0 atom stereocenters. The minimum atomic E-state index is -0.596. The minimum Gasteiger partial charge on any atom is -0.467 e. The SMILES string of the molecule is COc1nc(CNC(=O)C2(c3ccccc3)CCOCC2)nc(N(C)C)n1. The molecule has 1 aliphatic heterocycles. The first-order valence-electron chi connectivity index (χ1n) is 8.93. The van der Waals surface area contributed by atoms with E-state index in [1.165, 1.54) is 7.11 Å². The lowest BCUT2D eigenvalue weighted by Crippen LogP contribution is -2.48. The molecule has 0 spiro atoms. The van der Waals surface area contributed by atoms with E-state index in [9.17, 15) is 4.79 Å². The molecule has 0 saturated carbocycles. The molecule has 2 heterocycles. The molecule has 0 bridgehead atoms. The first-order chi connectivity index (χ1) is 13.0. The van der Waals surface area contributed by atoms with Crippen molar-refractivity contribution in [2.75, 3.05) is 39.3 Å². The first-order valence-corrected chi connectivity index (χ1v) is 8.93. The van der Waals surface area contributed by atoms with E-state index in [0.717, 1.165) is 5.56 Å². The van der Waals surface area contributed by atoms with Crippen LogP contribution in [0.15, 0.2) is 30.3 Å². The molecule has 3 rings (SSSR count). The van der Waals surface area contributed by atoms with Crippen LogP contribution in [0.25, 0.3) is 0 Å². The summed E-state index contributed by atoms with van der Waals surface area (Å²) >= 11 is 0. The van der Waals surface area contributed by atoms with Crippen LogP contribution in [0.5, 0.6) is 6.01 Å². The molecule has 1 N–H and O–H groups in total. The molecule has 144 valence electrons. The van der Waals surface area contributed by atoms with E-state index >= 15 is 0 Å². The van der Waals surface area contributed by atoms with Gasteiger partial charge in [0.25, 0.3) is 0 Å². The molecule has 27 heavy (non-hydrogen) atoms. The highest BCUT2D eigenvalue weighted by atomic mass is 16.5. The summed E-state index contributed by atoms with van der Waals surface area (Å²) < 4.78 is 10.6. The first kappa shape index (κ1) is 19.0. The Bertz CT molecular complexity index is 776. The zero-order valence-corrected chi connectivity index (χ0v) is 15.9. The number of benzene rings is 1. The maximum atomic E-state index is 13.2. The molecule has 8 heteroatoms. The van der Waals surface area contributed by atoms with Crippen LogP contribution < -0.4 is 15.0 Å². The van der Waals surface area contributed by atoms with Crippen molar-refractivity contribution in [3.05, 3.63) is 41.7 Å². The molecule has 0 unspecified atom stereocenters. The van der Waals surface area contributed by atoms with Crippen molar-refractivity contribution in [2.24, 2.45) is 0 Å². The second-order valence-electron chi connectivity index (χ2n) is 6.68. The lowest BCUT2D eigenvalue weighted by molar-refractivity contribution is -0.130. The van der Waals surface area contributed by atoms with Crippen molar-refractivity contribution >= 4 is 11.9 Å². The fourth-order valence-corrected chi connectivity index (χ4v) is 3.21. The molecule has 1 aromatic heterocycles. The van der Waals surface area contributed by atoms with Crippen LogP contribution in [0, 0.1) is 0 Å². The molecule has 1 amide bonds. The summed E-state index contributed by atoms with van der Waals surface area (Å²) in [7, 11) is 5.18. The summed E-state index contributed by atoms with van der Waals surface area (Å²) in [4.78, 5) is 27.7. The number of ether oxygens (including phenoxy) is 2. The van der Waals surface area contributed by atoms with Gasteiger partial charge in [0.2, 0.25) is 11.9 Å². The van der Waals surface area contributed by atoms with Crippen LogP contribution in [0.4, 0.5) is 5.95 Å². The van der Waals surface area contributed by atoms with Crippen molar-refractivity contribution in [3.63, 3.8) is 0 Å². The lowest BCUT2D eigenvalue weighted by atomic mass is 9.73. The predicted octanol–water partition coefficient (Wildman–Crippen LogP) is 1.31. The summed E-state index contributed by atoms with van der Waals surface area (Å²) in [5.74, 6) is 0.895. The number of carbonyl (C=O) groups is 1. The van der Waals surface area contributed by atoms with E-state index in [0.29, 0.717) is 37.8 Å². The van der Waals surface area contributed by atoms with Crippen molar-refractivity contribution < 1.29 is 14.3 Å². The van der Waals surface area contributed by atoms with E-state index in [-0.39, 0.29) is 18.5 Å². The Morgan fingerprint density at radius 1 is 1.19 bits per heavy atom. The van der Waals surface area contributed by atoms with Crippen LogP contribution >= 0.6 is 0 Å². The minimum absolute atomic E-state index is 0.0391. The molecule has 0 aliphatic carbocycles. The summed E-state index contributed by atoms with van der Waals surface area (Å²) in [6, 6.07) is 10.1. The van der Waals surface area contributed by atoms with Gasteiger partial charge in [-0.25, -0.2) is 0 Å². The van der Waals surface area contributed by atoms with Gasteiger partial charge in [0.15, 0.2) is 5.82 Å². The highest BCUT2D eigenvalue weighted by Crippen LogP contribution is 2.35. The summed E-state index contributed by atoms with van der Waals surface area (Å²) in [5.41, 5.74) is 0.411. The summed E-state index contributed by atoms with van der Waals surface area (Å²) in [6.45, 7) is 1.33. The van der Waals surface area contributed by atoms with E-state index in [2.05, 4.69) is 20.3 Å². The zero-order chi connectivity index (χ0) is 19.3. The smallest absolute Gasteiger partial charge is 0.321 e. The standard InChI is InChI=1S/C19H25N5O3/c1-24(2)17-21-15(22-18(23-17)26-3)13-20-16(25)19(9-11-27-12-10-19)14-7-5-4-6-8-14/h4-8H,9-13H2,1-3H3,(H,20,25). The van der Waals surface area contributed by atoms with Gasteiger partial charge in [-0.2, -0.15) is 15.0 Å². The second-order valence-corrected chi connectivity index (χ2v) is 6.68. The van der Waals surface area contributed by atoms with Gasteiger partial charge in [0.05, 0.1) is 19.1 Å². The topological polar surface area (TPSA) is 89.5 Å². The van der Waals surface area contributed by atoms with Gasteiger partial charge in [0.1, 0.15) is 0 Å². The lowest BCUT2D eigenvalue weighted by Gasteiger charge is -2.36. The van der Waals surface area contributed by atoms with Gasteiger partial charge in [-0.15, -0.1) is 0 Å². The second kappa shape index (κ2) is 8.30. The zero-order valence-electron chi connectivity index (χ0n) is 15.9. The number of carbonyl (C=O) groups excluding carboxylic acids is 1. The average molecular weight is 371 g/mol. The number of aromatic nitrogens is 3. The molecule has 1 saturated heterocycles. The largest absolute Gasteiger partial charge is 0.467 e. The van der Waals surface area contributed by atoms with Gasteiger partial charge in [-0.1, -0.05) is 30.3 Å². The Morgan fingerprint density at radius 3 is 2.52 bits per heavy atom. The Kier molecular flexibility index (Phi) is 5.85. The quantitative estimate of drug-likeness (QED) is 0.819. The Hall–Kier alpha value is -2.74. The third kappa shape index (κ3) is 4.16. The van der Waals surface area contributed by atoms with E-state index in [4.69, 9.17) is 9.47 Å². The van der Waals surface area contributed by atoms with Gasteiger partial charge < -0.3 is 19.7 Å². The van der Waals surface area contributed by atoms with Gasteiger partial charge in [-0.3, -0.25) is 4.79 Å². The van der Waals surface area contributed by atoms with Crippen molar-refractivity contribution in [1.29, 1.82) is 0 Å². The fourth-order valence-electron chi connectivity index (χ4n) is 3.21. The highest BCUT2D eigenvalue weighted by molar-refractivity contribution is 5.88. The molecule has 1 aliphatic rings. The third-order valence-electron chi connectivity index (χ3n) is 4.75. The van der Waals surface area contributed by atoms with Gasteiger partial charge in [0, 0.05) is 27.3 Å². The number of hydrogen-bond acceptors (Lipinski definition) is 7. The Labute approximate surface area is 158 Å². The van der Waals surface area contributed by atoms with Crippen molar-refractivity contribution in [1.82, 2.24) is 20.3 Å². The van der Waals surface area contributed by atoms with Gasteiger partial charge >= 0.3 is 6.01 Å². The van der Waals surface area contributed by atoms with Crippen LogP contribution in [0.1, 0.15) is 24.2 Å². The van der Waals surface area contributed by atoms with E-state index in [1.54, 1.807) is 4.90 Å². The molecular weight excluding hydrogens is 346 g/mol. The van der Waals surface area contributed by atoms with E-state index in [1.807, 2.05) is 44.4 Å². The number of methoxy groups -OCH3 is 1. The molecule has 2 aromatic rings. The number of nitrogens with zero attached hydrogens (tertiary/aromatic N) is 4. The molecule has 8 nitrogen and oxygen atoms in total. The van der Waals surface area contributed by atoms with Crippen LogP contribution in [0.2, 0.25) is 0 Å². The van der Waals surface area contributed by atoms with Crippen LogP contribution in [-0.4, -0.2) is 55.3 Å². The fraction of sp³-hybridized carbons (Fsp3) is 0.474. The summed E-state index contributed by atoms with van der Waals surface area (Å²) in [5, 5.41) is 3.00. The summed E-state index contributed by atoms with van der Waals surface area (Å²) in [6.07, 6.45) is 1.29. The van der Waals surface area contributed by atoms with Crippen LogP contribution in [-0.2, 0) is 21.5 Å². The number of anilines is 1.